The van der Waals surface area contributed by atoms with Crippen molar-refractivity contribution in [1.82, 2.24) is 14.2 Å². The fourth-order valence-electron chi connectivity index (χ4n) is 4.22. The van der Waals surface area contributed by atoms with Gasteiger partial charge in [0, 0.05) is 42.4 Å². The molecule has 1 saturated heterocycles. The summed E-state index contributed by atoms with van der Waals surface area (Å²) in [5, 5.41) is 11.1. The van der Waals surface area contributed by atoms with E-state index in [-0.39, 0.29) is 0 Å². The molecule has 0 aliphatic carbocycles. The van der Waals surface area contributed by atoms with Gasteiger partial charge >= 0.3 is 0 Å². The average Bonchev–Trinajstić information content (AvgIpc) is 3.17. The minimum Gasteiger partial charge on any atom is -0.489 e. The number of alkyl halides is 1. The molecule has 0 saturated carbocycles. The maximum Gasteiger partial charge on any atom is 0.155 e. The van der Waals surface area contributed by atoms with Crippen LogP contribution in [-0.4, -0.2) is 53.4 Å². The molecule has 4 rings (SSSR count). The molecule has 168 valence electrons. The van der Waals surface area contributed by atoms with E-state index in [2.05, 4.69) is 57.7 Å². The van der Waals surface area contributed by atoms with Crippen molar-refractivity contribution in [2.75, 3.05) is 31.8 Å². The van der Waals surface area contributed by atoms with Crippen molar-refractivity contribution in [1.29, 1.82) is 5.26 Å². The van der Waals surface area contributed by atoms with Gasteiger partial charge in [0.1, 0.15) is 12.7 Å². The SMILES string of the molecule is CSNC1CN(C(C)Cc2ccc3c(ccn3-c3cc(Cl)c(OCCCl)c(C#N)c3)c2)C1. The van der Waals surface area contributed by atoms with E-state index in [1.54, 1.807) is 18.0 Å². The van der Waals surface area contributed by atoms with Crippen LogP contribution >= 0.6 is 35.1 Å². The molecule has 1 fully saturated rings. The Hall–Kier alpha value is -1.88. The summed E-state index contributed by atoms with van der Waals surface area (Å²) >= 11 is 13.8. The molecule has 2 heterocycles. The van der Waals surface area contributed by atoms with Crippen LogP contribution in [0.15, 0.2) is 42.6 Å². The van der Waals surface area contributed by atoms with Crippen LogP contribution in [0.25, 0.3) is 16.6 Å². The minimum atomic E-state index is 0.301. The van der Waals surface area contributed by atoms with Crippen LogP contribution in [0, 0.1) is 11.3 Å². The van der Waals surface area contributed by atoms with Crippen molar-refractivity contribution in [3.63, 3.8) is 0 Å². The Labute approximate surface area is 203 Å². The molecule has 1 aromatic heterocycles. The molecular formula is C24H26Cl2N4OS. The van der Waals surface area contributed by atoms with Crippen molar-refractivity contribution in [2.24, 2.45) is 0 Å². The standard InChI is InChI=1S/C24H26Cl2N4OS/c1-16(29-14-20(15-29)28-32-2)9-17-3-4-23-18(10-17)5-7-30(23)21-11-19(13-27)24(22(26)12-21)31-8-6-25/h3-5,7,10-12,16,20,28H,6,8-9,14-15H2,1-2H3. The summed E-state index contributed by atoms with van der Waals surface area (Å²) in [6.45, 7) is 4.81. The number of nitriles is 1. The molecule has 1 N–H and O–H groups in total. The highest BCUT2D eigenvalue weighted by atomic mass is 35.5. The monoisotopic (exact) mass is 488 g/mol. The molecule has 1 unspecified atom stereocenters. The summed E-state index contributed by atoms with van der Waals surface area (Å²) in [7, 11) is 0. The van der Waals surface area contributed by atoms with E-state index in [1.165, 1.54) is 5.56 Å². The van der Waals surface area contributed by atoms with Gasteiger partial charge in [0.05, 0.1) is 22.0 Å². The van der Waals surface area contributed by atoms with Gasteiger partial charge in [-0.15, -0.1) is 11.6 Å². The molecule has 8 heteroatoms. The molecule has 1 aliphatic heterocycles. The summed E-state index contributed by atoms with van der Waals surface area (Å²) in [4.78, 5) is 2.52. The summed E-state index contributed by atoms with van der Waals surface area (Å²) < 4.78 is 11.0. The van der Waals surface area contributed by atoms with Crippen LogP contribution in [0.1, 0.15) is 18.1 Å². The number of benzene rings is 2. The number of hydrogen-bond donors (Lipinski definition) is 1. The molecule has 0 amide bonds. The van der Waals surface area contributed by atoms with Crippen LogP contribution in [0.4, 0.5) is 0 Å². The Bertz CT molecular complexity index is 1140. The zero-order chi connectivity index (χ0) is 22.7. The molecule has 0 spiro atoms. The molecule has 32 heavy (non-hydrogen) atoms. The Morgan fingerprint density at radius 1 is 1.28 bits per heavy atom. The van der Waals surface area contributed by atoms with Crippen LogP contribution in [0.5, 0.6) is 5.75 Å². The van der Waals surface area contributed by atoms with Crippen molar-refractivity contribution in [3.05, 3.63) is 58.7 Å². The third-order valence-electron chi connectivity index (χ3n) is 5.85. The topological polar surface area (TPSA) is 53.2 Å². The lowest BCUT2D eigenvalue weighted by Crippen LogP contribution is -2.59. The first kappa shape index (κ1) is 23.3. The van der Waals surface area contributed by atoms with E-state index in [9.17, 15) is 5.26 Å². The van der Waals surface area contributed by atoms with E-state index in [1.807, 2.05) is 12.3 Å². The number of hydrogen-bond acceptors (Lipinski definition) is 5. The number of nitrogens with one attached hydrogen (secondary N) is 1. The van der Waals surface area contributed by atoms with Gasteiger partial charge in [-0.1, -0.05) is 29.6 Å². The Morgan fingerprint density at radius 3 is 2.81 bits per heavy atom. The van der Waals surface area contributed by atoms with Crippen molar-refractivity contribution in [3.8, 4) is 17.5 Å². The first-order valence-electron chi connectivity index (χ1n) is 10.6. The van der Waals surface area contributed by atoms with E-state index < -0.39 is 0 Å². The summed E-state index contributed by atoms with van der Waals surface area (Å²) in [6.07, 6.45) is 5.11. The molecular weight excluding hydrogens is 463 g/mol. The van der Waals surface area contributed by atoms with E-state index in [0.29, 0.717) is 40.9 Å². The average molecular weight is 489 g/mol. The summed E-state index contributed by atoms with van der Waals surface area (Å²) in [6, 6.07) is 15.6. The Balaban J connectivity index is 1.53. The van der Waals surface area contributed by atoms with Gasteiger partial charge < -0.3 is 9.30 Å². The number of halogens is 2. The molecule has 3 aromatic rings. The van der Waals surface area contributed by atoms with Gasteiger partial charge in [0.15, 0.2) is 5.75 Å². The lowest BCUT2D eigenvalue weighted by Gasteiger charge is -2.43. The minimum absolute atomic E-state index is 0.301. The number of fused-ring (bicyclic) bond motifs is 1. The maximum absolute atomic E-state index is 9.57. The number of ether oxygens (including phenoxy) is 1. The maximum atomic E-state index is 9.57. The molecule has 1 aliphatic rings. The Kier molecular flexibility index (Phi) is 7.55. The largest absolute Gasteiger partial charge is 0.489 e. The lowest BCUT2D eigenvalue weighted by molar-refractivity contribution is 0.0967. The molecule has 2 aromatic carbocycles. The van der Waals surface area contributed by atoms with Gasteiger partial charge in [0.25, 0.3) is 0 Å². The van der Waals surface area contributed by atoms with Crippen molar-refractivity contribution in [2.45, 2.75) is 25.4 Å². The highest BCUT2D eigenvalue weighted by molar-refractivity contribution is 7.96. The third kappa shape index (κ3) is 4.88. The molecule has 0 radical (unpaired) electrons. The predicted molar refractivity (Wildman–Crippen MR) is 134 cm³/mol. The lowest BCUT2D eigenvalue weighted by atomic mass is 10.00. The van der Waals surface area contributed by atoms with Crippen molar-refractivity contribution >= 4 is 46.1 Å². The number of rotatable bonds is 9. The number of nitrogens with zero attached hydrogens (tertiary/aromatic N) is 3. The molecule has 5 nitrogen and oxygen atoms in total. The summed E-state index contributed by atoms with van der Waals surface area (Å²) in [5.74, 6) is 0.714. The quantitative estimate of drug-likeness (QED) is 0.329. The zero-order valence-electron chi connectivity index (χ0n) is 18.1. The number of aromatic nitrogens is 1. The second kappa shape index (κ2) is 10.4. The third-order valence-corrected chi connectivity index (χ3v) is 6.86. The number of likely N-dealkylation sites (tertiary alicyclic amines) is 1. The van der Waals surface area contributed by atoms with E-state index in [4.69, 9.17) is 27.9 Å². The van der Waals surface area contributed by atoms with Gasteiger partial charge in [0.2, 0.25) is 0 Å². The molecule has 1 atom stereocenters. The zero-order valence-corrected chi connectivity index (χ0v) is 20.5. The fourth-order valence-corrected chi connectivity index (χ4v) is 5.04. The fraction of sp³-hybridized carbons (Fsp3) is 0.375. The van der Waals surface area contributed by atoms with Gasteiger partial charge in [-0.3, -0.25) is 9.62 Å². The second-order valence-corrected chi connectivity index (χ2v) is 9.49. The van der Waals surface area contributed by atoms with Gasteiger partial charge in [-0.25, -0.2) is 0 Å². The summed E-state index contributed by atoms with van der Waals surface area (Å²) in [5.41, 5.74) is 3.62. The van der Waals surface area contributed by atoms with Crippen LogP contribution < -0.4 is 9.46 Å². The normalized spacial score (nSPS) is 15.5. The van der Waals surface area contributed by atoms with Gasteiger partial charge in [-0.2, -0.15) is 5.26 Å². The smallest absolute Gasteiger partial charge is 0.155 e. The van der Waals surface area contributed by atoms with E-state index >= 15 is 0 Å². The highest BCUT2D eigenvalue weighted by Crippen LogP contribution is 2.33. The Morgan fingerprint density at radius 2 is 2.09 bits per heavy atom. The molecule has 0 bridgehead atoms. The van der Waals surface area contributed by atoms with Crippen LogP contribution in [0.3, 0.4) is 0 Å². The predicted octanol–water partition coefficient (Wildman–Crippen LogP) is 5.26. The van der Waals surface area contributed by atoms with Crippen molar-refractivity contribution < 1.29 is 4.74 Å². The van der Waals surface area contributed by atoms with Crippen LogP contribution in [0.2, 0.25) is 5.02 Å². The first-order valence-corrected chi connectivity index (χ1v) is 12.7. The second-order valence-electron chi connectivity index (χ2n) is 8.06. The van der Waals surface area contributed by atoms with Crippen LogP contribution in [-0.2, 0) is 6.42 Å². The highest BCUT2D eigenvalue weighted by Gasteiger charge is 2.29. The first-order chi connectivity index (χ1) is 15.5. The van der Waals surface area contributed by atoms with Gasteiger partial charge in [-0.05, 0) is 55.5 Å². The van der Waals surface area contributed by atoms with E-state index in [0.717, 1.165) is 36.1 Å².